The summed E-state index contributed by atoms with van der Waals surface area (Å²) < 4.78 is 5.05. The fourth-order valence-electron chi connectivity index (χ4n) is 3.09. The zero-order chi connectivity index (χ0) is 20.8. The number of fused-ring (bicyclic) bond motifs is 1. The van der Waals surface area contributed by atoms with Crippen molar-refractivity contribution in [2.75, 3.05) is 24.2 Å². The van der Waals surface area contributed by atoms with Gasteiger partial charge in [0.1, 0.15) is 5.00 Å². The van der Waals surface area contributed by atoms with Gasteiger partial charge in [-0.25, -0.2) is 4.79 Å². The summed E-state index contributed by atoms with van der Waals surface area (Å²) in [7, 11) is 0. The predicted octanol–water partition coefficient (Wildman–Crippen LogP) is 3.48. The number of nitrogens with two attached hydrogens (primary N) is 1. The van der Waals surface area contributed by atoms with Crippen LogP contribution >= 0.6 is 23.1 Å². The molecule has 0 bridgehead atoms. The molecule has 1 aromatic heterocycles. The van der Waals surface area contributed by atoms with Gasteiger partial charge in [-0.3, -0.25) is 9.59 Å². The highest BCUT2D eigenvalue weighted by molar-refractivity contribution is 7.99. The molecule has 1 aromatic carbocycles. The van der Waals surface area contributed by atoms with Crippen LogP contribution in [0.3, 0.4) is 0 Å². The molecule has 29 heavy (non-hydrogen) atoms. The quantitative estimate of drug-likeness (QED) is 0.651. The Labute approximate surface area is 177 Å². The molecule has 3 amide bonds. The number of primary amides is 1. The smallest absolute Gasteiger partial charge is 0.410 e. The van der Waals surface area contributed by atoms with Crippen LogP contribution in [0.25, 0.3) is 0 Å². The zero-order valence-electron chi connectivity index (χ0n) is 16.1. The fraction of sp³-hybridized carbons (Fsp3) is 0.350. The van der Waals surface area contributed by atoms with Gasteiger partial charge < -0.3 is 20.7 Å². The molecule has 0 unspecified atom stereocenters. The Morgan fingerprint density at radius 2 is 2.03 bits per heavy atom. The second-order valence-electron chi connectivity index (χ2n) is 6.40. The van der Waals surface area contributed by atoms with E-state index in [9.17, 15) is 14.4 Å². The Bertz CT molecular complexity index is 899. The van der Waals surface area contributed by atoms with E-state index in [2.05, 4.69) is 5.32 Å². The number of thiophene rings is 1. The molecule has 154 valence electrons. The van der Waals surface area contributed by atoms with Gasteiger partial charge in [-0.1, -0.05) is 18.2 Å². The number of nitrogens with one attached hydrogen (secondary N) is 1. The summed E-state index contributed by atoms with van der Waals surface area (Å²) in [6, 6.07) is 9.85. The Hall–Kier alpha value is -2.52. The molecular weight excluding hydrogens is 410 g/mol. The van der Waals surface area contributed by atoms with Gasteiger partial charge in [0.05, 0.1) is 18.7 Å². The number of amides is 3. The Morgan fingerprint density at radius 1 is 1.28 bits per heavy atom. The van der Waals surface area contributed by atoms with Crippen molar-refractivity contribution in [2.45, 2.75) is 31.2 Å². The Kier molecular flexibility index (Phi) is 7.16. The van der Waals surface area contributed by atoms with Crippen LogP contribution < -0.4 is 11.1 Å². The van der Waals surface area contributed by atoms with Gasteiger partial charge >= 0.3 is 6.09 Å². The first-order valence-corrected chi connectivity index (χ1v) is 11.1. The van der Waals surface area contributed by atoms with E-state index >= 15 is 0 Å². The summed E-state index contributed by atoms with van der Waals surface area (Å²) in [5.41, 5.74) is 6.76. The molecule has 0 atom stereocenters. The molecular formula is C20H23N3O4S2. The fourth-order valence-corrected chi connectivity index (χ4v) is 5.25. The lowest BCUT2D eigenvalue weighted by molar-refractivity contribution is -0.115. The average molecular weight is 434 g/mol. The van der Waals surface area contributed by atoms with Crippen LogP contribution in [0.1, 0.15) is 34.1 Å². The third kappa shape index (κ3) is 5.30. The normalized spacial score (nSPS) is 12.9. The van der Waals surface area contributed by atoms with Crippen LogP contribution in [0.4, 0.5) is 9.80 Å². The largest absolute Gasteiger partial charge is 0.450 e. The van der Waals surface area contributed by atoms with Gasteiger partial charge in [0.25, 0.3) is 5.91 Å². The van der Waals surface area contributed by atoms with E-state index in [0.29, 0.717) is 48.9 Å². The zero-order valence-corrected chi connectivity index (χ0v) is 17.7. The van der Waals surface area contributed by atoms with E-state index in [4.69, 9.17) is 10.5 Å². The maximum Gasteiger partial charge on any atom is 0.410 e. The molecule has 0 fully saturated rings. The van der Waals surface area contributed by atoms with Gasteiger partial charge in [0, 0.05) is 28.5 Å². The SMILES string of the molecule is CCOC(=O)N1CCc2c(sc(NC(=O)CCSc3ccccc3)c2C(N)=O)C1. The molecule has 9 heteroatoms. The number of anilines is 1. The third-order valence-electron chi connectivity index (χ3n) is 4.42. The lowest BCUT2D eigenvalue weighted by Gasteiger charge is -2.26. The van der Waals surface area contributed by atoms with Gasteiger partial charge in [0.2, 0.25) is 5.91 Å². The minimum absolute atomic E-state index is 0.170. The van der Waals surface area contributed by atoms with Gasteiger partial charge in [-0.05, 0) is 31.0 Å². The summed E-state index contributed by atoms with van der Waals surface area (Å²) in [6.07, 6.45) is 0.438. The van der Waals surface area contributed by atoms with Crippen LogP contribution in [0, 0.1) is 0 Å². The first kappa shape index (κ1) is 21.2. The molecule has 0 spiro atoms. The number of rotatable bonds is 7. The van der Waals surface area contributed by atoms with Crippen molar-refractivity contribution in [1.82, 2.24) is 4.90 Å². The number of ether oxygens (including phenoxy) is 1. The maximum absolute atomic E-state index is 12.4. The van der Waals surface area contributed by atoms with Crippen molar-refractivity contribution < 1.29 is 19.1 Å². The van der Waals surface area contributed by atoms with E-state index in [1.165, 1.54) is 11.3 Å². The van der Waals surface area contributed by atoms with Crippen molar-refractivity contribution in [3.05, 3.63) is 46.3 Å². The molecule has 0 saturated carbocycles. The number of carbonyl (C=O) groups is 3. The first-order valence-electron chi connectivity index (χ1n) is 9.33. The Balaban J connectivity index is 1.65. The minimum Gasteiger partial charge on any atom is -0.450 e. The molecule has 3 rings (SSSR count). The standard InChI is InChI=1S/C20H23N3O4S2/c1-2-27-20(26)23-10-8-14-15(12-23)29-19(17(14)18(21)25)22-16(24)9-11-28-13-6-4-3-5-7-13/h3-7H,2,8-12H2,1H3,(H2,21,25)(H,22,24). The van der Waals surface area contributed by atoms with Crippen molar-refractivity contribution in [3.63, 3.8) is 0 Å². The number of thioether (sulfide) groups is 1. The number of carbonyl (C=O) groups excluding carboxylic acids is 3. The van der Waals surface area contributed by atoms with Crippen LogP contribution in [-0.4, -0.2) is 41.7 Å². The molecule has 2 aromatic rings. The molecule has 1 aliphatic rings. The van der Waals surface area contributed by atoms with Crippen molar-refractivity contribution in [1.29, 1.82) is 0 Å². The number of benzene rings is 1. The van der Waals surface area contributed by atoms with Crippen LogP contribution in [-0.2, 0) is 22.5 Å². The molecule has 0 saturated heterocycles. The summed E-state index contributed by atoms with van der Waals surface area (Å²) in [4.78, 5) is 40.0. The van der Waals surface area contributed by atoms with Crippen molar-refractivity contribution >= 4 is 46.0 Å². The first-order chi connectivity index (χ1) is 14.0. The minimum atomic E-state index is -0.568. The topological polar surface area (TPSA) is 102 Å². The van der Waals surface area contributed by atoms with E-state index in [1.54, 1.807) is 23.6 Å². The second kappa shape index (κ2) is 9.80. The van der Waals surface area contributed by atoms with E-state index < -0.39 is 5.91 Å². The van der Waals surface area contributed by atoms with Crippen LogP contribution in [0.5, 0.6) is 0 Å². The molecule has 7 nitrogen and oxygen atoms in total. The van der Waals surface area contributed by atoms with Crippen molar-refractivity contribution in [3.8, 4) is 0 Å². The van der Waals surface area contributed by atoms with E-state index in [0.717, 1.165) is 15.3 Å². The molecule has 0 radical (unpaired) electrons. The van der Waals surface area contributed by atoms with E-state index in [-0.39, 0.29) is 12.0 Å². The summed E-state index contributed by atoms with van der Waals surface area (Å²) in [5, 5.41) is 3.30. The second-order valence-corrected chi connectivity index (χ2v) is 8.68. The van der Waals surface area contributed by atoms with Gasteiger partial charge in [-0.15, -0.1) is 23.1 Å². The lowest BCUT2D eigenvalue weighted by Crippen LogP contribution is -2.36. The highest BCUT2D eigenvalue weighted by Crippen LogP contribution is 2.37. The monoisotopic (exact) mass is 433 g/mol. The number of hydrogen-bond donors (Lipinski definition) is 2. The summed E-state index contributed by atoms with van der Waals surface area (Å²) in [5.74, 6) is -0.110. The number of nitrogens with zero attached hydrogens (tertiary/aromatic N) is 1. The average Bonchev–Trinajstić information content (AvgIpc) is 3.06. The summed E-state index contributed by atoms with van der Waals surface area (Å²) >= 11 is 2.90. The summed E-state index contributed by atoms with van der Waals surface area (Å²) in [6.45, 7) is 2.86. The molecule has 1 aliphatic heterocycles. The van der Waals surface area contributed by atoms with Gasteiger partial charge in [-0.2, -0.15) is 0 Å². The molecule has 2 heterocycles. The Morgan fingerprint density at radius 3 is 2.72 bits per heavy atom. The highest BCUT2D eigenvalue weighted by Gasteiger charge is 2.29. The maximum atomic E-state index is 12.4. The third-order valence-corrected chi connectivity index (χ3v) is 6.57. The van der Waals surface area contributed by atoms with E-state index in [1.807, 2.05) is 30.3 Å². The van der Waals surface area contributed by atoms with Crippen LogP contribution in [0.15, 0.2) is 35.2 Å². The number of hydrogen-bond acceptors (Lipinski definition) is 6. The molecule has 0 aliphatic carbocycles. The van der Waals surface area contributed by atoms with Crippen LogP contribution in [0.2, 0.25) is 0 Å². The highest BCUT2D eigenvalue weighted by atomic mass is 32.2. The molecule has 3 N–H and O–H groups in total. The predicted molar refractivity (Wildman–Crippen MR) is 114 cm³/mol. The lowest BCUT2D eigenvalue weighted by atomic mass is 10.0. The van der Waals surface area contributed by atoms with Gasteiger partial charge in [0.15, 0.2) is 0 Å². The van der Waals surface area contributed by atoms with Crippen molar-refractivity contribution in [2.24, 2.45) is 5.73 Å².